The maximum atomic E-state index is 10.7. The number of hydrogen-bond acceptors (Lipinski definition) is 5. The van der Waals surface area contributed by atoms with Crippen LogP contribution in [-0.2, 0) is 0 Å². The van der Waals surface area contributed by atoms with E-state index in [4.69, 9.17) is 13.9 Å². The Balaban J connectivity index is 2.08. The van der Waals surface area contributed by atoms with Gasteiger partial charge < -0.3 is 13.9 Å². The van der Waals surface area contributed by atoms with Gasteiger partial charge in [0.1, 0.15) is 5.76 Å². The summed E-state index contributed by atoms with van der Waals surface area (Å²) < 4.78 is 15.7. The van der Waals surface area contributed by atoms with Crippen LogP contribution in [0.4, 0.5) is 0 Å². The van der Waals surface area contributed by atoms with Crippen molar-refractivity contribution in [3.63, 3.8) is 0 Å². The molecule has 0 unspecified atom stereocenters. The Morgan fingerprint density at radius 2 is 2.11 bits per heavy atom. The van der Waals surface area contributed by atoms with E-state index in [9.17, 15) is 10.1 Å². The van der Waals surface area contributed by atoms with E-state index in [1.807, 2.05) is 0 Å². The van der Waals surface area contributed by atoms with Crippen LogP contribution in [0.25, 0.3) is 5.57 Å². The average molecular weight is 259 g/mol. The number of nitrogens with zero attached hydrogens (tertiary/aromatic N) is 1. The zero-order valence-electron chi connectivity index (χ0n) is 9.74. The Bertz CT molecular complexity index is 645. The van der Waals surface area contributed by atoms with Crippen LogP contribution < -0.4 is 9.47 Å². The summed E-state index contributed by atoms with van der Waals surface area (Å²) in [5.74, 6) is 1.62. The summed E-state index contributed by atoms with van der Waals surface area (Å²) in [7, 11) is 0. The molecule has 1 aromatic carbocycles. The quantitative estimate of drug-likeness (QED) is 0.625. The second-order valence-corrected chi connectivity index (χ2v) is 3.87. The van der Waals surface area contributed by atoms with Gasteiger partial charge in [0.05, 0.1) is 16.8 Å². The smallest absolute Gasteiger partial charge is 0.245 e. The van der Waals surface area contributed by atoms with Crippen LogP contribution in [0, 0.1) is 10.1 Å². The van der Waals surface area contributed by atoms with Gasteiger partial charge in [-0.3, -0.25) is 10.1 Å². The highest BCUT2D eigenvalue weighted by Crippen LogP contribution is 2.36. The van der Waals surface area contributed by atoms with Crippen LogP contribution in [0.5, 0.6) is 11.5 Å². The highest BCUT2D eigenvalue weighted by Gasteiger charge is 2.18. The molecule has 0 saturated carbocycles. The number of ether oxygens (including phenoxy) is 2. The molecule has 0 fully saturated rings. The highest BCUT2D eigenvalue weighted by atomic mass is 16.7. The van der Waals surface area contributed by atoms with Crippen molar-refractivity contribution in [3.8, 4) is 11.5 Å². The lowest BCUT2D eigenvalue weighted by molar-refractivity contribution is -0.401. The summed E-state index contributed by atoms with van der Waals surface area (Å²) in [6.45, 7) is 0.161. The van der Waals surface area contributed by atoms with Gasteiger partial charge in [-0.05, 0) is 29.8 Å². The van der Waals surface area contributed by atoms with E-state index < -0.39 is 4.92 Å². The molecular weight excluding hydrogens is 250 g/mol. The Morgan fingerprint density at radius 3 is 2.84 bits per heavy atom. The summed E-state index contributed by atoms with van der Waals surface area (Å²) >= 11 is 0. The van der Waals surface area contributed by atoms with Crippen LogP contribution in [0.1, 0.15) is 11.3 Å². The molecule has 6 nitrogen and oxygen atoms in total. The van der Waals surface area contributed by atoms with Gasteiger partial charge in [0.25, 0.3) is 0 Å². The van der Waals surface area contributed by atoms with E-state index >= 15 is 0 Å². The Kier molecular flexibility index (Phi) is 2.68. The number of hydrogen-bond donors (Lipinski definition) is 0. The molecule has 96 valence electrons. The first kappa shape index (κ1) is 11.3. The molecule has 0 amide bonds. The monoisotopic (exact) mass is 259 g/mol. The first-order chi connectivity index (χ1) is 9.24. The van der Waals surface area contributed by atoms with Gasteiger partial charge in [-0.15, -0.1) is 0 Å². The first-order valence-corrected chi connectivity index (χ1v) is 5.53. The highest BCUT2D eigenvalue weighted by molar-refractivity contribution is 5.77. The second kappa shape index (κ2) is 4.49. The van der Waals surface area contributed by atoms with E-state index in [1.54, 1.807) is 30.3 Å². The molecule has 0 bridgehead atoms. The van der Waals surface area contributed by atoms with E-state index in [0.29, 0.717) is 28.4 Å². The molecule has 0 radical (unpaired) electrons. The molecular formula is C13H9NO5. The molecule has 19 heavy (non-hydrogen) atoms. The van der Waals surface area contributed by atoms with Crippen LogP contribution in [0.2, 0.25) is 0 Å². The zero-order valence-corrected chi connectivity index (χ0v) is 9.74. The van der Waals surface area contributed by atoms with Gasteiger partial charge in [0, 0.05) is 0 Å². The second-order valence-electron chi connectivity index (χ2n) is 3.87. The standard InChI is InChI=1S/C13H9NO5/c15-14(16)7-10(11-2-1-5-17-11)9-3-4-12-13(6-9)19-8-18-12/h1-7H,8H2. The molecule has 0 N–H and O–H groups in total. The van der Waals surface area contributed by atoms with Crippen molar-refractivity contribution in [1.29, 1.82) is 0 Å². The fraction of sp³-hybridized carbons (Fsp3) is 0.0769. The SMILES string of the molecule is O=[N+]([O-])C=C(c1ccc2c(c1)OCO2)c1ccco1. The third kappa shape index (κ3) is 2.15. The van der Waals surface area contributed by atoms with E-state index in [-0.39, 0.29) is 6.79 Å². The molecule has 2 aromatic rings. The van der Waals surface area contributed by atoms with Gasteiger partial charge in [-0.2, -0.15) is 0 Å². The summed E-state index contributed by atoms with van der Waals surface area (Å²) in [5, 5.41) is 10.7. The number of nitro groups is 1. The lowest BCUT2D eigenvalue weighted by Gasteiger charge is -2.03. The van der Waals surface area contributed by atoms with Crippen LogP contribution in [0.3, 0.4) is 0 Å². The molecule has 3 rings (SSSR count). The topological polar surface area (TPSA) is 74.7 Å². The summed E-state index contributed by atoms with van der Waals surface area (Å²) in [4.78, 5) is 10.2. The third-order valence-electron chi connectivity index (χ3n) is 2.70. The van der Waals surface area contributed by atoms with Gasteiger partial charge in [-0.25, -0.2) is 0 Å². The zero-order chi connectivity index (χ0) is 13.2. The van der Waals surface area contributed by atoms with Gasteiger partial charge in [-0.1, -0.05) is 6.07 Å². The minimum atomic E-state index is -0.511. The van der Waals surface area contributed by atoms with E-state index in [1.165, 1.54) is 6.26 Å². The fourth-order valence-corrected chi connectivity index (χ4v) is 1.88. The molecule has 2 heterocycles. The van der Waals surface area contributed by atoms with E-state index in [2.05, 4.69) is 0 Å². The van der Waals surface area contributed by atoms with E-state index in [0.717, 1.165) is 6.20 Å². The van der Waals surface area contributed by atoms with Crippen molar-refractivity contribution in [2.45, 2.75) is 0 Å². The fourth-order valence-electron chi connectivity index (χ4n) is 1.88. The molecule has 1 aromatic heterocycles. The van der Waals surface area contributed by atoms with Crippen LogP contribution in [-0.4, -0.2) is 11.7 Å². The summed E-state index contributed by atoms with van der Waals surface area (Å²) in [6, 6.07) is 8.48. The number of rotatable bonds is 3. The lowest BCUT2D eigenvalue weighted by atomic mass is 10.0. The van der Waals surface area contributed by atoms with Crippen molar-refractivity contribution in [2.24, 2.45) is 0 Å². The average Bonchev–Trinajstić information content (AvgIpc) is 3.06. The summed E-state index contributed by atoms with van der Waals surface area (Å²) in [6.07, 6.45) is 2.38. The van der Waals surface area contributed by atoms with Gasteiger partial charge in [0.15, 0.2) is 11.5 Å². The molecule has 0 aliphatic carbocycles. The predicted molar refractivity (Wildman–Crippen MR) is 65.3 cm³/mol. The van der Waals surface area contributed by atoms with Crippen molar-refractivity contribution in [3.05, 3.63) is 64.2 Å². The largest absolute Gasteiger partial charge is 0.464 e. The summed E-state index contributed by atoms with van der Waals surface area (Å²) in [5.41, 5.74) is 1.02. The molecule has 0 saturated heterocycles. The molecule has 0 spiro atoms. The predicted octanol–water partition coefficient (Wildman–Crippen LogP) is 2.67. The lowest BCUT2D eigenvalue weighted by Crippen LogP contribution is -1.93. The minimum Gasteiger partial charge on any atom is -0.464 e. The maximum absolute atomic E-state index is 10.7. The minimum absolute atomic E-state index is 0.161. The Morgan fingerprint density at radius 1 is 1.26 bits per heavy atom. The van der Waals surface area contributed by atoms with Crippen LogP contribution in [0.15, 0.2) is 47.2 Å². The number of fused-ring (bicyclic) bond motifs is 1. The molecule has 1 aliphatic heterocycles. The van der Waals surface area contributed by atoms with Gasteiger partial charge in [0.2, 0.25) is 13.0 Å². The molecule has 6 heteroatoms. The molecule has 1 aliphatic rings. The maximum Gasteiger partial charge on any atom is 0.245 e. The van der Waals surface area contributed by atoms with Crippen molar-refractivity contribution in [2.75, 3.05) is 6.79 Å². The molecule has 0 atom stereocenters. The Labute approximate surface area is 108 Å². The van der Waals surface area contributed by atoms with Gasteiger partial charge >= 0.3 is 0 Å². The van der Waals surface area contributed by atoms with Crippen molar-refractivity contribution >= 4 is 5.57 Å². The van der Waals surface area contributed by atoms with Crippen LogP contribution >= 0.6 is 0 Å². The normalized spacial score (nSPS) is 13.6. The first-order valence-electron chi connectivity index (χ1n) is 5.53. The number of benzene rings is 1. The Hall–Kier alpha value is -2.76. The van der Waals surface area contributed by atoms with Crippen molar-refractivity contribution < 1.29 is 18.8 Å². The number of furan rings is 1. The van der Waals surface area contributed by atoms with Crippen molar-refractivity contribution in [1.82, 2.24) is 0 Å². The third-order valence-corrected chi connectivity index (χ3v) is 2.70.